The van der Waals surface area contributed by atoms with Gasteiger partial charge in [-0.05, 0) is 23.8 Å². The SMILES string of the molecule is O=C1C[C@H](C(=O)NCc2cccnc2Oc2ccccc2F)c2ccccc21. The van der Waals surface area contributed by atoms with E-state index in [4.69, 9.17) is 4.74 Å². The molecule has 0 bridgehead atoms. The Bertz CT molecular complexity index is 1050. The predicted octanol–water partition coefficient (Wildman–Crippen LogP) is 4.00. The van der Waals surface area contributed by atoms with Gasteiger partial charge in [0.05, 0.1) is 5.92 Å². The van der Waals surface area contributed by atoms with Crippen molar-refractivity contribution in [1.29, 1.82) is 0 Å². The van der Waals surface area contributed by atoms with Gasteiger partial charge in [-0.3, -0.25) is 9.59 Å². The average Bonchev–Trinajstić information content (AvgIpc) is 3.06. The van der Waals surface area contributed by atoms with Crippen molar-refractivity contribution in [2.75, 3.05) is 0 Å². The molecule has 0 fully saturated rings. The zero-order valence-corrected chi connectivity index (χ0v) is 14.9. The van der Waals surface area contributed by atoms with Crippen LogP contribution in [0, 0.1) is 5.82 Å². The molecule has 6 heteroatoms. The van der Waals surface area contributed by atoms with Crippen LogP contribution in [0.5, 0.6) is 11.6 Å². The molecule has 1 aliphatic rings. The van der Waals surface area contributed by atoms with Crippen LogP contribution >= 0.6 is 0 Å². The van der Waals surface area contributed by atoms with E-state index in [-0.39, 0.29) is 36.3 Å². The first-order valence-corrected chi connectivity index (χ1v) is 8.89. The minimum absolute atomic E-state index is 0.0271. The molecule has 1 atom stereocenters. The number of hydrogen-bond donors (Lipinski definition) is 1. The van der Waals surface area contributed by atoms with E-state index in [0.29, 0.717) is 11.1 Å². The quantitative estimate of drug-likeness (QED) is 0.731. The number of carbonyl (C=O) groups excluding carboxylic acids is 2. The Morgan fingerprint density at radius 3 is 2.75 bits per heavy atom. The fraction of sp³-hybridized carbons (Fsp3) is 0.136. The molecule has 2 aromatic carbocycles. The van der Waals surface area contributed by atoms with Gasteiger partial charge < -0.3 is 10.1 Å². The van der Waals surface area contributed by atoms with Crippen LogP contribution in [0.3, 0.4) is 0 Å². The molecule has 0 aliphatic heterocycles. The average molecular weight is 376 g/mol. The van der Waals surface area contributed by atoms with Crippen molar-refractivity contribution in [2.24, 2.45) is 0 Å². The zero-order chi connectivity index (χ0) is 19.5. The van der Waals surface area contributed by atoms with Crippen molar-refractivity contribution < 1.29 is 18.7 Å². The Morgan fingerprint density at radius 2 is 1.89 bits per heavy atom. The highest BCUT2D eigenvalue weighted by molar-refractivity contribution is 6.06. The molecule has 0 radical (unpaired) electrons. The number of nitrogens with zero attached hydrogens (tertiary/aromatic N) is 1. The highest BCUT2D eigenvalue weighted by Gasteiger charge is 2.33. The molecule has 4 rings (SSSR count). The maximum Gasteiger partial charge on any atom is 0.228 e. The van der Waals surface area contributed by atoms with Crippen molar-refractivity contribution in [3.05, 3.63) is 89.4 Å². The number of rotatable bonds is 5. The number of halogens is 1. The van der Waals surface area contributed by atoms with Gasteiger partial charge in [0.25, 0.3) is 0 Å². The highest BCUT2D eigenvalue weighted by Crippen LogP contribution is 2.33. The van der Waals surface area contributed by atoms with Crippen LogP contribution in [-0.4, -0.2) is 16.7 Å². The van der Waals surface area contributed by atoms with Crippen LogP contribution in [0.25, 0.3) is 0 Å². The summed E-state index contributed by atoms with van der Waals surface area (Å²) in [5.74, 6) is -0.986. The number of hydrogen-bond acceptors (Lipinski definition) is 4. The molecule has 5 nitrogen and oxygen atoms in total. The maximum atomic E-state index is 13.8. The first-order chi connectivity index (χ1) is 13.6. The summed E-state index contributed by atoms with van der Waals surface area (Å²) >= 11 is 0. The number of pyridine rings is 1. The summed E-state index contributed by atoms with van der Waals surface area (Å²) in [5, 5.41) is 2.84. The van der Waals surface area contributed by atoms with E-state index in [1.807, 2.05) is 6.07 Å². The van der Waals surface area contributed by atoms with Crippen molar-refractivity contribution in [1.82, 2.24) is 10.3 Å². The standard InChI is InChI=1S/C22H17FN2O3/c23-18-9-3-4-10-20(18)28-22-14(6-5-11-24-22)13-25-21(27)17-12-19(26)16-8-2-1-7-15(16)17/h1-11,17H,12-13H2,(H,25,27)/t17-/m0/s1. The lowest BCUT2D eigenvalue weighted by Crippen LogP contribution is -2.28. The first-order valence-electron chi connectivity index (χ1n) is 8.89. The molecule has 1 aromatic heterocycles. The topological polar surface area (TPSA) is 68.3 Å². The number of nitrogens with one attached hydrogen (secondary N) is 1. The van der Waals surface area contributed by atoms with E-state index in [1.165, 1.54) is 18.3 Å². The van der Waals surface area contributed by atoms with Gasteiger partial charge >= 0.3 is 0 Å². The Balaban J connectivity index is 1.48. The summed E-state index contributed by atoms with van der Waals surface area (Å²) in [6.07, 6.45) is 1.70. The minimum Gasteiger partial charge on any atom is -0.436 e. The Hall–Kier alpha value is -3.54. The molecule has 3 aromatic rings. The van der Waals surface area contributed by atoms with Crippen LogP contribution < -0.4 is 10.1 Å². The molecule has 1 N–H and O–H groups in total. The lowest BCUT2D eigenvalue weighted by atomic mass is 10.0. The molecule has 0 unspecified atom stereocenters. The summed E-state index contributed by atoms with van der Waals surface area (Å²) in [6, 6.07) is 16.7. The second-order valence-electron chi connectivity index (χ2n) is 6.49. The second-order valence-corrected chi connectivity index (χ2v) is 6.49. The van der Waals surface area contributed by atoms with Gasteiger partial charge in [-0.1, -0.05) is 42.5 Å². The van der Waals surface area contributed by atoms with Crippen LogP contribution in [0.2, 0.25) is 0 Å². The van der Waals surface area contributed by atoms with Gasteiger partial charge in [-0.2, -0.15) is 0 Å². The van der Waals surface area contributed by atoms with E-state index < -0.39 is 11.7 Å². The lowest BCUT2D eigenvalue weighted by Gasteiger charge is -2.14. The van der Waals surface area contributed by atoms with Crippen LogP contribution in [0.15, 0.2) is 66.9 Å². The molecule has 1 heterocycles. The molecule has 0 saturated carbocycles. The highest BCUT2D eigenvalue weighted by atomic mass is 19.1. The molecular formula is C22H17FN2O3. The van der Waals surface area contributed by atoms with Gasteiger partial charge in [-0.25, -0.2) is 9.37 Å². The van der Waals surface area contributed by atoms with E-state index in [0.717, 1.165) is 5.56 Å². The molecular weight excluding hydrogens is 359 g/mol. The largest absolute Gasteiger partial charge is 0.436 e. The third-order valence-electron chi connectivity index (χ3n) is 4.69. The van der Waals surface area contributed by atoms with Gasteiger partial charge in [0.15, 0.2) is 17.3 Å². The molecule has 1 aliphatic carbocycles. The number of ketones is 1. The fourth-order valence-electron chi connectivity index (χ4n) is 3.28. The van der Waals surface area contributed by atoms with Crippen LogP contribution in [0.1, 0.15) is 33.8 Å². The maximum absolute atomic E-state index is 13.8. The third-order valence-corrected chi connectivity index (χ3v) is 4.69. The van der Waals surface area contributed by atoms with Gasteiger partial charge in [0.2, 0.25) is 11.8 Å². The number of amides is 1. The summed E-state index contributed by atoms with van der Waals surface area (Å²) in [6.45, 7) is 0.156. The first kappa shape index (κ1) is 17.9. The van der Waals surface area contributed by atoms with Crippen molar-refractivity contribution in [2.45, 2.75) is 18.9 Å². The Kier molecular flexibility index (Phi) is 4.85. The number of benzene rings is 2. The normalized spacial score (nSPS) is 15.2. The van der Waals surface area contributed by atoms with Crippen LogP contribution in [0.4, 0.5) is 4.39 Å². The summed E-state index contributed by atoms with van der Waals surface area (Å²) < 4.78 is 19.4. The summed E-state index contributed by atoms with van der Waals surface area (Å²) in [4.78, 5) is 28.9. The zero-order valence-electron chi connectivity index (χ0n) is 14.9. The van der Waals surface area contributed by atoms with Gasteiger partial charge in [0.1, 0.15) is 0 Å². The molecule has 28 heavy (non-hydrogen) atoms. The number of carbonyl (C=O) groups is 2. The van der Waals surface area contributed by atoms with E-state index >= 15 is 0 Å². The molecule has 0 spiro atoms. The van der Waals surface area contributed by atoms with E-state index in [9.17, 15) is 14.0 Å². The number of para-hydroxylation sites is 1. The molecule has 1 amide bonds. The van der Waals surface area contributed by atoms with Crippen molar-refractivity contribution >= 4 is 11.7 Å². The Morgan fingerprint density at radius 1 is 1.11 bits per heavy atom. The van der Waals surface area contributed by atoms with Gasteiger partial charge in [0, 0.05) is 30.3 Å². The lowest BCUT2D eigenvalue weighted by molar-refractivity contribution is -0.122. The molecule has 140 valence electrons. The van der Waals surface area contributed by atoms with E-state index in [2.05, 4.69) is 10.3 Å². The summed E-state index contributed by atoms with van der Waals surface area (Å²) in [5.41, 5.74) is 1.96. The fourth-order valence-corrected chi connectivity index (χ4v) is 3.28. The molecule has 0 saturated heterocycles. The van der Waals surface area contributed by atoms with Crippen molar-refractivity contribution in [3.63, 3.8) is 0 Å². The predicted molar refractivity (Wildman–Crippen MR) is 101 cm³/mol. The summed E-state index contributed by atoms with van der Waals surface area (Å²) in [7, 11) is 0. The van der Waals surface area contributed by atoms with Crippen LogP contribution in [-0.2, 0) is 11.3 Å². The van der Waals surface area contributed by atoms with Crippen molar-refractivity contribution in [3.8, 4) is 11.6 Å². The number of aromatic nitrogens is 1. The van der Waals surface area contributed by atoms with Gasteiger partial charge in [-0.15, -0.1) is 0 Å². The third kappa shape index (κ3) is 3.49. The minimum atomic E-state index is -0.503. The second kappa shape index (κ2) is 7.60. The monoisotopic (exact) mass is 376 g/mol. The smallest absolute Gasteiger partial charge is 0.228 e. The number of fused-ring (bicyclic) bond motifs is 1. The number of Topliss-reactive ketones (excluding diaryl/α,β-unsaturated/α-hetero) is 1. The Labute approximate surface area is 161 Å². The van der Waals surface area contributed by atoms with E-state index in [1.54, 1.807) is 42.5 Å². The number of ether oxygens (including phenoxy) is 1.